The molecule has 0 bridgehead atoms. The molecular weight excluding hydrogens is 146 g/mol. The van der Waals surface area contributed by atoms with Crippen molar-refractivity contribution in [3.8, 4) is 0 Å². The normalized spacial score (nSPS) is 13.6. The van der Waals surface area contributed by atoms with Crippen LogP contribution in [0.2, 0.25) is 0 Å². The number of hydrogen-bond acceptors (Lipinski definition) is 1. The van der Waals surface area contributed by atoms with Crippen LogP contribution in [0.5, 0.6) is 0 Å². The second-order valence-corrected chi connectivity index (χ2v) is 3.80. The van der Waals surface area contributed by atoms with Crippen LogP contribution in [0.4, 0.5) is 0 Å². The van der Waals surface area contributed by atoms with Crippen molar-refractivity contribution in [1.82, 2.24) is 4.90 Å². The Morgan fingerprint density at radius 1 is 1.42 bits per heavy atom. The molecule has 0 atom stereocenters. The molecule has 0 aromatic carbocycles. The summed E-state index contributed by atoms with van der Waals surface area (Å²) < 4.78 is 0. The van der Waals surface area contributed by atoms with E-state index in [0.29, 0.717) is 5.92 Å². The highest BCUT2D eigenvalue weighted by Crippen LogP contribution is 2.15. The van der Waals surface area contributed by atoms with Crippen LogP contribution in [0.1, 0.15) is 20.8 Å². The summed E-state index contributed by atoms with van der Waals surface area (Å²) in [6, 6.07) is 0. The summed E-state index contributed by atoms with van der Waals surface area (Å²) in [4.78, 5) is 2.17. The van der Waals surface area contributed by atoms with E-state index in [1.807, 2.05) is 6.08 Å². The van der Waals surface area contributed by atoms with Gasteiger partial charge in [0.1, 0.15) is 0 Å². The fraction of sp³-hybridized carbons (Fsp3) is 0.636. The molecule has 0 spiro atoms. The van der Waals surface area contributed by atoms with Gasteiger partial charge in [-0.2, -0.15) is 0 Å². The maximum Gasteiger partial charge on any atom is 0.0226 e. The Morgan fingerprint density at radius 2 is 1.92 bits per heavy atom. The van der Waals surface area contributed by atoms with E-state index in [2.05, 4.69) is 46.3 Å². The number of rotatable bonds is 4. The number of nitrogens with zero attached hydrogens (tertiary/aromatic N) is 1. The molecule has 0 saturated carbocycles. The summed E-state index contributed by atoms with van der Waals surface area (Å²) in [5.74, 6) is 0.623. The van der Waals surface area contributed by atoms with Gasteiger partial charge < -0.3 is 4.90 Å². The van der Waals surface area contributed by atoms with Crippen molar-refractivity contribution in [1.29, 1.82) is 0 Å². The van der Waals surface area contributed by atoms with Gasteiger partial charge in [0.2, 0.25) is 0 Å². The van der Waals surface area contributed by atoms with Crippen molar-refractivity contribution in [3.05, 3.63) is 23.8 Å². The predicted molar refractivity (Wildman–Crippen MR) is 56.3 cm³/mol. The molecule has 0 rings (SSSR count). The number of likely N-dealkylation sites (N-methyl/N-ethyl adjacent to an activating group) is 1. The minimum atomic E-state index is 0.623. The third-order valence-corrected chi connectivity index (χ3v) is 2.11. The van der Waals surface area contributed by atoms with Crippen molar-refractivity contribution in [2.24, 2.45) is 5.92 Å². The van der Waals surface area contributed by atoms with Crippen LogP contribution in [0.15, 0.2) is 23.8 Å². The highest BCUT2D eigenvalue weighted by atomic mass is 15.0. The van der Waals surface area contributed by atoms with Gasteiger partial charge in [-0.3, -0.25) is 0 Å². The second-order valence-electron chi connectivity index (χ2n) is 3.80. The Labute approximate surface area is 76.8 Å². The van der Waals surface area contributed by atoms with Gasteiger partial charge in [0, 0.05) is 6.54 Å². The molecule has 0 N–H and O–H groups in total. The maximum absolute atomic E-state index is 3.83. The van der Waals surface area contributed by atoms with Crippen LogP contribution in [-0.2, 0) is 0 Å². The van der Waals surface area contributed by atoms with Gasteiger partial charge in [-0.25, -0.2) is 0 Å². The van der Waals surface area contributed by atoms with E-state index in [1.54, 1.807) is 0 Å². The first-order valence-electron chi connectivity index (χ1n) is 4.45. The Bertz CT molecular complexity index is 175. The third kappa shape index (κ3) is 3.72. The second kappa shape index (κ2) is 5.15. The van der Waals surface area contributed by atoms with Crippen LogP contribution in [0, 0.1) is 5.92 Å². The molecule has 0 aromatic heterocycles. The van der Waals surface area contributed by atoms with E-state index in [9.17, 15) is 0 Å². The topological polar surface area (TPSA) is 3.24 Å². The van der Waals surface area contributed by atoms with Crippen molar-refractivity contribution < 1.29 is 0 Å². The van der Waals surface area contributed by atoms with Gasteiger partial charge in [-0.15, -0.1) is 0 Å². The summed E-state index contributed by atoms with van der Waals surface area (Å²) in [5, 5.41) is 0. The lowest BCUT2D eigenvalue weighted by Gasteiger charge is -2.15. The van der Waals surface area contributed by atoms with Crippen LogP contribution in [0.25, 0.3) is 0 Å². The van der Waals surface area contributed by atoms with Gasteiger partial charge in [0.15, 0.2) is 0 Å². The first kappa shape index (κ1) is 11.4. The van der Waals surface area contributed by atoms with Crippen LogP contribution >= 0.6 is 0 Å². The monoisotopic (exact) mass is 167 g/mol. The van der Waals surface area contributed by atoms with E-state index in [-0.39, 0.29) is 0 Å². The molecular formula is C11H21N. The molecule has 0 aliphatic heterocycles. The van der Waals surface area contributed by atoms with Crippen molar-refractivity contribution in [3.63, 3.8) is 0 Å². The quantitative estimate of drug-likeness (QED) is 0.582. The average Bonchev–Trinajstić information content (AvgIpc) is 1.98. The lowest BCUT2D eigenvalue weighted by atomic mass is 9.99. The molecule has 0 heterocycles. The molecule has 12 heavy (non-hydrogen) atoms. The maximum atomic E-state index is 3.83. The molecule has 0 unspecified atom stereocenters. The van der Waals surface area contributed by atoms with Crippen molar-refractivity contribution >= 4 is 0 Å². The van der Waals surface area contributed by atoms with Gasteiger partial charge in [0.25, 0.3) is 0 Å². The lowest BCUT2D eigenvalue weighted by Crippen LogP contribution is -2.16. The standard InChI is InChI=1S/C11H21N/c1-7-11(8-12(5)6)10(4)9(2)3/h7,9H,1,8H2,2-6H3/b11-10+. The molecule has 0 fully saturated rings. The average molecular weight is 167 g/mol. The molecule has 0 aromatic rings. The number of allylic oxidation sites excluding steroid dienone is 1. The summed E-state index contributed by atoms with van der Waals surface area (Å²) in [6.45, 7) is 11.4. The predicted octanol–water partition coefficient (Wildman–Crippen LogP) is 2.71. The highest BCUT2D eigenvalue weighted by Gasteiger charge is 2.03. The number of hydrogen-bond donors (Lipinski definition) is 0. The molecule has 0 aliphatic rings. The van der Waals surface area contributed by atoms with E-state index < -0.39 is 0 Å². The lowest BCUT2D eigenvalue weighted by molar-refractivity contribution is 0.445. The molecule has 1 heteroatoms. The molecule has 0 radical (unpaired) electrons. The first-order chi connectivity index (χ1) is 5.49. The Balaban J connectivity index is 4.50. The van der Waals surface area contributed by atoms with Crippen LogP contribution in [0.3, 0.4) is 0 Å². The van der Waals surface area contributed by atoms with Gasteiger partial charge >= 0.3 is 0 Å². The largest absolute Gasteiger partial charge is 0.305 e. The Kier molecular flexibility index (Phi) is 4.91. The zero-order valence-electron chi connectivity index (χ0n) is 9.02. The Hall–Kier alpha value is -0.560. The fourth-order valence-electron chi connectivity index (χ4n) is 1.06. The van der Waals surface area contributed by atoms with Crippen molar-refractivity contribution in [2.45, 2.75) is 20.8 Å². The van der Waals surface area contributed by atoms with Gasteiger partial charge in [-0.1, -0.05) is 32.1 Å². The molecule has 70 valence electrons. The first-order valence-corrected chi connectivity index (χ1v) is 4.45. The molecule has 0 saturated heterocycles. The summed E-state index contributed by atoms with van der Waals surface area (Å²) in [6.07, 6.45) is 1.97. The summed E-state index contributed by atoms with van der Waals surface area (Å²) in [5.41, 5.74) is 2.80. The fourth-order valence-corrected chi connectivity index (χ4v) is 1.06. The molecule has 0 aliphatic carbocycles. The third-order valence-electron chi connectivity index (χ3n) is 2.11. The van der Waals surface area contributed by atoms with E-state index >= 15 is 0 Å². The van der Waals surface area contributed by atoms with Crippen LogP contribution < -0.4 is 0 Å². The van der Waals surface area contributed by atoms with E-state index in [0.717, 1.165) is 6.54 Å². The van der Waals surface area contributed by atoms with E-state index in [1.165, 1.54) is 11.1 Å². The smallest absolute Gasteiger partial charge is 0.0226 e. The summed E-state index contributed by atoms with van der Waals surface area (Å²) in [7, 11) is 4.16. The molecule has 0 amide bonds. The molecule has 1 nitrogen and oxygen atoms in total. The zero-order valence-corrected chi connectivity index (χ0v) is 9.02. The summed E-state index contributed by atoms with van der Waals surface area (Å²) >= 11 is 0. The SMILES string of the molecule is C=C/C(CN(C)C)=C(/C)C(C)C. The highest BCUT2D eigenvalue weighted by molar-refractivity contribution is 5.25. The van der Waals surface area contributed by atoms with Crippen LogP contribution in [-0.4, -0.2) is 25.5 Å². The Morgan fingerprint density at radius 3 is 2.17 bits per heavy atom. The van der Waals surface area contributed by atoms with Crippen molar-refractivity contribution in [2.75, 3.05) is 20.6 Å². The zero-order chi connectivity index (χ0) is 9.72. The van der Waals surface area contributed by atoms with E-state index in [4.69, 9.17) is 0 Å². The minimum Gasteiger partial charge on any atom is -0.305 e. The van der Waals surface area contributed by atoms with Gasteiger partial charge in [0.05, 0.1) is 0 Å². The van der Waals surface area contributed by atoms with Gasteiger partial charge in [-0.05, 0) is 32.5 Å². The minimum absolute atomic E-state index is 0.623.